The number of nitrogens with zero attached hydrogens (tertiary/aromatic N) is 2. The van der Waals surface area contributed by atoms with Gasteiger partial charge in [-0.25, -0.2) is 0 Å². The maximum atomic E-state index is 9.90. The van der Waals surface area contributed by atoms with Crippen LogP contribution in [0.1, 0.15) is 11.3 Å². The number of hydrogen-bond donors (Lipinski definition) is 2. The second kappa shape index (κ2) is 3.96. The number of rotatable bonds is 1. The molecule has 4 nitrogen and oxygen atoms in total. The van der Waals surface area contributed by atoms with Gasteiger partial charge in [0.2, 0.25) is 5.88 Å². The smallest absolute Gasteiger partial charge is 0.217 e. The molecule has 2 aromatic rings. The van der Waals surface area contributed by atoms with Crippen LogP contribution in [-0.2, 0) is 7.05 Å². The van der Waals surface area contributed by atoms with E-state index >= 15 is 0 Å². The third-order valence-corrected chi connectivity index (χ3v) is 3.34. The van der Waals surface area contributed by atoms with Gasteiger partial charge in [0.1, 0.15) is 5.69 Å². The fourth-order valence-electron chi connectivity index (χ4n) is 1.94. The molecule has 0 unspecified atom stereocenters. The van der Waals surface area contributed by atoms with Crippen LogP contribution in [0.4, 0.5) is 5.69 Å². The molecule has 5 heteroatoms. The van der Waals surface area contributed by atoms with Gasteiger partial charge in [-0.05, 0) is 24.4 Å². The lowest BCUT2D eigenvalue weighted by Gasteiger charge is -1.98. The zero-order valence-electron chi connectivity index (χ0n) is 9.71. The molecule has 90 valence electrons. The molecular formula is C13H11N3OS. The fraction of sp³-hybridized carbons (Fsp3) is 0.0769. The van der Waals surface area contributed by atoms with Crippen LogP contribution in [0.2, 0.25) is 0 Å². The molecule has 0 atom stereocenters. The highest BCUT2D eigenvalue weighted by atomic mass is 32.1. The summed E-state index contributed by atoms with van der Waals surface area (Å²) in [6.07, 6.45) is 3.63. The van der Waals surface area contributed by atoms with E-state index in [0.717, 1.165) is 16.8 Å². The number of H-pyrrole nitrogens is 1. The number of benzene rings is 1. The lowest BCUT2D eigenvalue weighted by atomic mass is 10.1. The molecule has 0 aliphatic carbocycles. The standard InChI is InChI=1S/C13H11N3OS/c1-16-12(17)11(15-13(16)18)6-8-7-14-10-5-3-2-4-9(8)10/h2-7,17H,1H3,(H,15,18)/b8-6-. The molecule has 0 spiro atoms. The topological polar surface area (TPSA) is 53.3 Å². The van der Waals surface area contributed by atoms with Crippen molar-refractivity contribution < 1.29 is 5.11 Å². The SMILES string of the molecule is Cn1c(O)c(/C=C2/C=Nc3ccccc32)[nH]c1=S. The second-order valence-electron chi connectivity index (χ2n) is 4.10. The van der Waals surface area contributed by atoms with E-state index in [1.807, 2.05) is 30.3 Å². The van der Waals surface area contributed by atoms with Crippen LogP contribution >= 0.6 is 12.2 Å². The van der Waals surface area contributed by atoms with Crippen LogP contribution in [0.3, 0.4) is 0 Å². The van der Waals surface area contributed by atoms with Crippen molar-refractivity contribution in [3.63, 3.8) is 0 Å². The Kier molecular flexibility index (Phi) is 2.41. The Balaban J connectivity index is 2.12. The first-order valence-corrected chi connectivity index (χ1v) is 5.91. The number of imidazole rings is 1. The normalized spacial score (nSPS) is 15.3. The Labute approximate surface area is 109 Å². The number of nitrogens with one attached hydrogen (secondary N) is 1. The predicted octanol–water partition coefficient (Wildman–Crippen LogP) is 3.04. The number of aromatic hydroxyl groups is 1. The van der Waals surface area contributed by atoms with E-state index in [-0.39, 0.29) is 5.88 Å². The monoisotopic (exact) mass is 257 g/mol. The average Bonchev–Trinajstić information content (AvgIpc) is 2.89. The number of fused-ring (bicyclic) bond motifs is 1. The van der Waals surface area contributed by atoms with Crippen molar-refractivity contribution in [2.24, 2.45) is 12.0 Å². The second-order valence-corrected chi connectivity index (χ2v) is 4.49. The number of allylic oxidation sites excluding steroid dienone is 1. The van der Waals surface area contributed by atoms with Crippen LogP contribution in [0, 0.1) is 4.77 Å². The molecule has 1 aliphatic rings. The van der Waals surface area contributed by atoms with Gasteiger partial charge < -0.3 is 10.1 Å². The summed E-state index contributed by atoms with van der Waals surface area (Å²) in [5.74, 6) is 0.130. The first-order valence-electron chi connectivity index (χ1n) is 5.50. The highest BCUT2D eigenvalue weighted by Crippen LogP contribution is 2.33. The maximum Gasteiger partial charge on any atom is 0.217 e. The van der Waals surface area contributed by atoms with Crippen LogP contribution in [0.25, 0.3) is 11.6 Å². The number of para-hydroxylation sites is 1. The van der Waals surface area contributed by atoms with Crippen LogP contribution < -0.4 is 0 Å². The van der Waals surface area contributed by atoms with Crippen LogP contribution in [0.5, 0.6) is 5.88 Å². The molecule has 0 amide bonds. The van der Waals surface area contributed by atoms with Crippen molar-refractivity contribution in [2.45, 2.75) is 0 Å². The molecule has 18 heavy (non-hydrogen) atoms. The van der Waals surface area contributed by atoms with E-state index in [4.69, 9.17) is 12.2 Å². The Morgan fingerprint density at radius 2 is 2.17 bits per heavy atom. The van der Waals surface area contributed by atoms with E-state index in [0.29, 0.717) is 10.5 Å². The first-order chi connectivity index (χ1) is 8.66. The third-order valence-electron chi connectivity index (χ3n) is 2.96. The summed E-state index contributed by atoms with van der Waals surface area (Å²) < 4.78 is 2.02. The lowest BCUT2D eigenvalue weighted by Crippen LogP contribution is -1.85. The van der Waals surface area contributed by atoms with Crippen molar-refractivity contribution in [2.75, 3.05) is 0 Å². The average molecular weight is 257 g/mol. The summed E-state index contributed by atoms with van der Waals surface area (Å²) in [5, 5.41) is 9.90. The van der Waals surface area contributed by atoms with Crippen molar-refractivity contribution in [3.05, 3.63) is 40.3 Å². The third kappa shape index (κ3) is 1.60. The molecule has 0 radical (unpaired) electrons. The molecular weight excluding hydrogens is 246 g/mol. The highest BCUT2D eigenvalue weighted by Gasteiger charge is 2.13. The molecule has 0 fully saturated rings. The van der Waals surface area contributed by atoms with E-state index in [1.54, 1.807) is 13.3 Å². The van der Waals surface area contributed by atoms with E-state index in [1.165, 1.54) is 4.57 Å². The van der Waals surface area contributed by atoms with Gasteiger partial charge in [-0.2, -0.15) is 0 Å². The summed E-state index contributed by atoms with van der Waals surface area (Å²) >= 11 is 5.06. The molecule has 0 saturated carbocycles. The zero-order chi connectivity index (χ0) is 12.7. The molecule has 1 aliphatic heterocycles. The zero-order valence-corrected chi connectivity index (χ0v) is 10.5. The van der Waals surface area contributed by atoms with Gasteiger partial charge in [-0.15, -0.1) is 0 Å². The van der Waals surface area contributed by atoms with Crippen molar-refractivity contribution in [1.82, 2.24) is 9.55 Å². The minimum Gasteiger partial charge on any atom is -0.493 e. The quantitative estimate of drug-likeness (QED) is 0.771. The molecule has 2 heterocycles. The molecule has 0 bridgehead atoms. The minimum absolute atomic E-state index is 0.130. The Morgan fingerprint density at radius 3 is 2.89 bits per heavy atom. The molecule has 2 N–H and O–H groups in total. The van der Waals surface area contributed by atoms with Gasteiger partial charge in [0.25, 0.3) is 0 Å². The van der Waals surface area contributed by atoms with E-state index < -0.39 is 0 Å². The highest BCUT2D eigenvalue weighted by molar-refractivity contribution is 7.71. The summed E-state index contributed by atoms with van der Waals surface area (Å²) in [7, 11) is 1.72. The number of aliphatic imine (C=N–C) groups is 1. The Bertz CT molecular complexity index is 737. The van der Waals surface area contributed by atoms with Gasteiger partial charge in [-0.3, -0.25) is 9.56 Å². The Hall–Kier alpha value is -2.14. The van der Waals surface area contributed by atoms with Crippen LogP contribution in [0.15, 0.2) is 29.3 Å². The van der Waals surface area contributed by atoms with Gasteiger partial charge >= 0.3 is 0 Å². The van der Waals surface area contributed by atoms with Crippen molar-refractivity contribution >= 4 is 35.8 Å². The molecule has 1 aromatic heterocycles. The fourth-order valence-corrected chi connectivity index (χ4v) is 2.14. The molecule has 0 saturated heterocycles. The van der Waals surface area contributed by atoms with Gasteiger partial charge in [-0.1, -0.05) is 18.2 Å². The van der Waals surface area contributed by atoms with Gasteiger partial charge in [0.15, 0.2) is 4.77 Å². The largest absolute Gasteiger partial charge is 0.493 e. The van der Waals surface area contributed by atoms with Crippen molar-refractivity contribution in [3.8, 4) is 5.88 Å². The van der Waals surface area contributed by atoms with E-state index in [9.17, 15) is 5.11 Å². The predicted molar refractivity (Wildman–Crippen MR) is 74.7 cm³/mol. The first kappa shape index (κ1) is 11.0. The maximum absolute atomic E-state index is 9.90. The van der Waals surface area contributed by atoms with Gasteiger partial charge in [0.05, 0.1) is 5.69 Å². The summed E-state index contributed by atoms with van der Waals surface area (Å²) in [4.78, 5) is 7.27. The molecule has 1 aromatic carbocycles. The summed E-state index contributed by atoms with van der Waals surface area (Å²) in [6.45, 7) is 0. The lowest BCUT2D eigenvalue weighted by molar-refractivity contribution is 0.430. The van der Waals surface area contributed by atoms with Crippen molar-refractivity contribution in [1.29, 1.82) is 0 Å². The number of aromatic nitrogens is 2. The number of hydrogen-bond acceptors (Lipinski definition) is 3. The summed E-state index contributed by atoms with van der Waals surface area (Å²) in [6, 6.07) is 7.88. The minimum atomic E-state index is 0.130. The van der Waals surface area contributed by atoms with Gasteiger partial charge in [0, 0.05) is 24.4 Å². The van der Waals surface area contributed by atoms with Crippen LogP contribution in [-0.4, -0.2) is 20.9 Å². The number of aromatic amines is 1. The van der Waals surface area contributed by atoms with E-state index in [2.05, 4.69) is 9.98 Å². The summed E-state index contributed by atoms with van der Waals surface area (Å²) in [5.41, 5.74) is 3.55. The Morgan fingerprint density at radius 1 is 1.39 bits per heavy atom. The molecule has 3 rings (SSSR count).